The lowest BCUT2D eigenvalue weighted by molar-refractivity contribution is -0.119. The van der Waals surface area contributed by atoms with Gasteiger partial charge in [-0.15, -0.1) is 0 Å². The predicted octanol–water partition coefficient (Wildman–Crippen LogP) is 2.14. The van der Waals surface area contributed by atoms with Gasteiger partial charge in [0.15, 0.2) is 5.78 Å². The Bertz CT molecular complexity index is 564. The maximum atomic E-state index is 11.5. The summed E-state index contributed by atoms with van der Waals surface area (Å²) in [4.78, 5) is 22.8. The topological polar surface area (TPSA) is 55.4 Å². The van der Waals surface area contributed by atoms with Gasteiger partial charge in [0.1, 0.15) is 16.7 Å². The molecule has 0 aliphatic carbocycles. The smallest absolute Gasteiger partial charge is 0.263 e. The van der Waals surface area contributed by atoms with Crippen molar-refractivity contribution in [2.24, 2.45) is 0 Å². The molecule has 1 heterocycles. The van der Waals surface area contributed by atoms with E-state index in [0.29, 0.717) is 15.0 Å². The van der Waals surface area contributed by atoms with Crippen LogP contribution in [0.15, 0.2) is 29.2 Å². The van der Waals surface area contributed by atoms with Crippen LogP contribution in [0.4, 0.5) is 0 Å². The number of ether oxygens (including phenoxy) is 1. The maximum absolute atomic E-state index is 11.5. The third-order valence-electron chi connectivity index (χ3n) is 2.26. The van der Waals surface area contributed by atoms with Crippen molar-refractivity contribution in [3.63, 3.8) is 0 Å². The van der Waals surface area contributed by atoms with Crippen LogP contribution >= 0.6 is 24.0 Å². The molecule has 0 radical (unpaired) electrons. The fraction of sp³-hybridized carbons (Fsp3) is 0.154. The molecule has 1 aliphatic heterocycles. The molecule has 1 saturated heterocycles. The van der Waals surface area contributed by atoms with E-state index in [9.17, 15) is 9.59 Å². The molecule has 1 amide bonds. The molecule has 1 N–H and O–H groups in total. The molecule has 6 heteroatoms. The molecule has 19 heavy (non-hydrogen) atoms. The van der Waals surface area contributed by atoms with E-state index in [-0.39, 0.29) is 18.3 Å². The Morgan fingerprint density at radius 3 is 2.63 bits per heavy atom. The molecule has 1 aromatic carbocycles. The van der Waals surface area contributed by atoms with Crippen LogP contribution in [0.5, 0.6) is 5.75 Å². The Balaban J connectivity index is 2.06. The molecule has 0 bridgehead atoms. The standard InChI is InChI=1S/C13H11NO3S2/c1-8(15)7-17-10-4-2-9(3-5-10)6-11-12(16)14-13(18)19-11/h2-6H,7H2,1H3,(H,14,16,18)/b11-6+. The second kappa shape index (κ2) is 5.99. The first-order valence-corrected chi connectivity index (χ1v) is 6.74. The van der Waals surface area contributed by atoms with Gasteiger partial charge in [-0.1, -0.05) is 36.1 Å². The van der Waals surface area contributed by atoms with Crippen LogP contribution in [0.25, 0.3) is 6.08 Å². The van der Waals surface area contributed by atoms with Gasteiger partial charge in [-0.3, -0.25) is 9.59 Å². The number of nitrogens with one attached hydrogen (secondary N) is 1. The Hall–Kier alpha value is -1.66. The molecule has 0 unspecified atom stereocenters. The molecule has 1 fully saturated rings. The zero-order valence-electron chi connectivity index (χ0n) is 10.1. The summed E-state index contributed by atoms with van der Waals surface area (Å²) >= 11 is 6.15. The van der Waals surface area contributed by atoms with E-state index >= 15 is 0 Å². The molecule has 98 valence electrons. The van der Waals surface area contributed by atoms with Crippen molar-refractivity contribution in [1.82, 2.24) is 5.32 Å². The van der Waals surface area contributed by atoms with E-state index in [1.807, 2.05) is 12.1 Å². The molecule has 1 aliphatic rings. The largest absolute Gasteiger partial charge is 0.486 e. The molecule has 0 spiro atoms. The highest BCUT2D eigenvalue weighted by atomic mass is 32.2. The molecular formula is C13H11NO3S2. The highest BCUT2D eigenvalue weighted by Gasteiger charge is 2.21. The summed E-state index contributed by atoms with van der Waals surface area (Å²) in [6.07, 6.45) is 1.76. The van der Waals surface area contributed by atoms with Crippen molar-refractivity contribution in [3.05, 3.63) is 34.7 Å². The van der Waals surface area contributed by atoms with Crippen LogP contribution in [0.3, 0.4) is 0 Å². The highest BCUT2D eigenvalue weighted by Crippen LogP contribution is 2.26. The first-order chi connectivity index (χ1) is 9.04. The number of thiocarbonyl (C=S) groups is 1. The summed E-state index contributed by atoms with van der Waals surface area (Å²) in [6.45, 7) is 1.53. The normalized spacial score (nSPS) is 16.6. The Morgan fingerprint density at radius 2 is 2.11 bits per heavy atom. The number of thioether (sulfide) groups is 1. The third kappa shape index (κ3) is 3.90. The van der Waals surface area contributed by atoms with E-state index in [0.717, 1.165) is 5.56 Å². The number of carbonyl (C=O) groups excluding carboxylic acids is 2. The number of rotatable bonds is 4. The quantitative estimate of drug-likeness (QED) is 0.681. The summed E-state index contributed by atoms with van der Waals surface area (Å²) in [5.74, 6) is 0.419. The van der Waals surface area contributed by atoms with Crippen molar-refractivity contribution < 1.29 is 14.3 Å². The number of benzene rings is 1. The van der Waals surface area contributed by atoms with Crippen LogP contribution in [-0.4, -0.2) is 22.6 Å². The average Bonchev–Trinajstić information content (AvgIpc) is 2.67. The second-order valence-electron chi connectivity index (χ2n) is 3.91. The van der Waals surface area contributed by atoms with Crippen molar-refractivity contribution >= 4 is 46.1 Å². The van der Waals surface area contributed by atoms with Gasteiger partial charge in [0, 0.05) is 0 Å². The number of carbonyl (C=O) groups is 2. The Kier molecular flexibility index (Phi) is 4.34. The Labute approximate surface area is 120 Å². The molecule has 1 aromatic rings. The lowest BCUT2D eigenvalue weighted by atomic mass is 10.2. The van der Waals surface area contributed by atoms with Gasteiger partial charge in [-0.2, -0.15) is 0 Å². The number of hydrogen-bond acceptors (Lipinski definition) is 5. The summed E-state index contributed by atoms with van der Waals surface area (Å²) in [5.41, 5.74) is 0.873. The zero-order valence-corrected chi connectivity index (χ0v) is 11.8. The minimum Gasteiger partial charge on any atom is -0.486 e. The van der Waals surface area contributed by atoms with E-state index in [1.165, 1.54) is 18.7 Å². The number of hydrogen-bond donors (Lipinski definition) is 1. The van der Waals surface area contributed by atoms with Gasteiger partial charge in [0.2, 0.25) is 0 Å². The monoisotopic (exact) mass is 293 g/mol. The van der Waals surface area contributed by atoms with Crippen LogP contribution in [0, 0.1) is 0 Å². The summed E-state index contributed by atoms with van der Waals surface area (Å²) < 4.78 is 5.73. The summed E-state index contributed by atoms with van der Waals surface area (Å²) in [6, 6.07) is 7.14. The second-order valence-corrected chi connectivity index (χ2v) is 5.63. The van der Waals surface area contributed by atoms with Gasteiger partial charge in [0.25, 0.3) is 5.91 Å². The molecular weight excluding hydrogens is 282 g/mol. The summed E-state index contributed by atoms with van der Waals surface area (Å²) in [7, 11) is 0. The van der Waals surface area contributed by atoms with E-state index < -0.39 is 0 Å². The van der Waals surface area contributed by atoms with Gasteiger partial charge >= 0.3 is 0 Å². The molecule has 4 nitrogen and oxygen atoms in total. The van der Waals surface area contributed by atoms with Crippen LogP contribution in [0.2, 0.25) is 0 Å². The molecule has 0 atom stereocenters. The molecule has 0 aromatic heterocycles. The fourth-order valence-electron chi connectivity index (χ4n) is 1.42. The number of Topliss-reactive ketones (excluding diaryl/α,β-unsaturated/α-hetero) is 1. The SMILES string of the molecule is CC(=O)COc1ccc(/C=C2/SC(=S)NC2=O)cc1. The van der Waals surface area contributed by atoms with Crippen LogP contribution in [0.1, 0.15) is 12.5 Å². The van der Waals surface area contributed by atoms with Crippen molar-refractivity contribution in [2.45, 2.75) is 6.92 Å². The fourth-order valence-corrected chi connectivity index (χ4v) is 2.46. The van der Waals surface area contributed by atoms with Crippen molar-refractivity contribution in [3.8, 4) is 5.75 Å². The first kappa shape index (κ1) is 13.8. The van der Waals surface area contributed by atoms with E-state index in [1.54, 1.807) is 18.2 Å². The molecule has 2 rings (SSSR count). The summed E-state index contributed by atoms with van der Waals surface area (Å²) in [5, 5.41) is 2.56. The Morgan fingerprint density at radius 1 is 1.42 bits per heavy atom. The van der Waals surface area contributed by atoms with Crippen molar-refractivity contribution in [1.29, 1.82) is 0 Å². The first-order valence-electron chi connectivity index (χ1n) is 5.52. The highest BCUT2D eigenvalue weighted by molar-refractivity contribution is 8.26. The van der Waals surface area contributed by atoms with Gasteiger partial charge < -0.3 is 10.1 Å². The van der Waals surface area contributed by atoms with Gasteiger partial charge in [-0.25, -0.2) is 0 Å². The predicted molar refractivity (Wildman–Crippen MR) is 78.9 cm³/mol. The van der Waals surface area contributed by atoms with Gasteiger partial charge in [0.05, 0.1) is 4.91 Å². The van der Waals surface area contributed by atoms with Crippen molar-refractivity contribution in [2.75, 3.05) is 6.61 Å². The minimum atomic E-state index is -0.174. The number of ketones is 1. The third-order valence-corrected chi connectivity index (χ3v) is 3.42. The minimum absolute atomic E-state index is 0.0290. The zero-order chi connectivity index (χ0) is 13.8. The van der Waals surface area contributed by atoms with E-state index in [4.69, 9.17) is 17.0 Å². The number of amides is 1. The average molecular weight is 293 g/mol. The van der Waals surface area contributed by atoms with Crippen LogP contribution in [-0.2, 0) is 9.59 Å². The lowest BCUT2D eigenvalue weighted by Crippen LogP contribution is -2.17. The lowest BCUT2D eigenvalue weighted by Gasteiger charge is -2.03. The molecule has 0 saturated carbocycles. The van der Waals surface area contributed by atoms with Crippen LogP contribution < -0.4 is 10.1 Å². The maximum Gasteiger partial charge on any atom is 0.263 e. The van der Waals surface area contributed by atoms with Gasteiger partial charge in [-0.05, 0) is 30.7 Å². The van der Waals surface area contributed by atoms with E-state index in [2.05, 4.69) is 5.32 Å².